The van der Waals surface area contributed by atoms with Crippen LogP contribution in [0.1, 0.15) is 14.5 Å². The molecule has 1 aromatic carbocycles. The van der Waals surface area contributed by atoms with Crippen LogP contribution < -0.4 is 15.9 Å². The number of fused-ring (bicyclic) bond motifs is 2. The first-order valence-electron chi connectivity index (χ1n) is 6.09. The average molecular weight is 316 g/mol. The molecule has 2 aromatic heterocycles. The Hall–Kier alpha value is -1.48. The van der Waals surface area contributed by atoms with Gasteiger partial charge in [0.25, 0.3) is 0 Å². The van der Waals surface area contributed by atoms with Crippen molar-refractivity contribution >= 4 is 51.5 Å². The summed E-state index contributed by atoms with van der Waals surface area (Å²) in [5.74, 6) is 0.0161. The van der Waals surface area contributed by atoms with Gasteiger partial charge >= 0.3 is 0 Å². The first-order valence-corrected chi connectivity index (χ1v) is 9.56. The van der Waals surface area contributed by atoms with Gasteiger partial charge in [-0.3, -0.25) is 4.79 Å². The molecule has 1 aliphatic heterocycles. The van der Waals surface area contributed by atoms with E-state index in [-0.39, 0.29) is 5.78 Å². The van der Waals surface area contributed by atoms with Crippen molar-refractivity contribution in [3.8, 4) is 0 Å². The summed E-state index contributed by atoms with van der Waals surface area (Å²) < 4.78 is 13.8. The molecule has 2 nitrogen and oxygen atoms in total. The second-order valence-electron chi connectivity index (χ2n) is 4.54. The van der Waals surface area contributed by atoms with Crippen LogP contribution in [0, 0.1) is 0 Å². The van der Waals surface area contributed by atoms with Crippen molar-refractivity contribution in [3.63, 3.8) is 0 Å². The van der Waals surface area contributed by atoms with E-state index in [1.54, 1.807) is 0 Å². The molecule has 4 rings (SSSR count). The standard InChI is InChI=1S/C15H9O2PS2/c16-13-14-11(6-8-19-14)18(17,10-4-2-1-3-5-10)12-7-9-20-15(12)13/h1-9H. The van der Waals surface area contributed by atoms with Crippen molar-refractivity contribution in [3.05, 3.63) is 63.0 Å². The first-order chi connectivity index (χ1) is 9.73. The van der Waals surface area contributed by atoms with Gasteiger partial charge in [0.05, 0.1) is 9.75 Å². The quantitative estimate of drug-likeness (QED) is 0.506. The molecule has 98 valence electrons. The van der Waals surface area contributed by atoms with Crippen LogP contribution in [0.5, 0.6) is 0 Å². The lowest BCUT2D eigenvalue weighted by Crippen LogP contribution is -2.33. The lowest BCUT2D eigenvalue weighted by molar-refractivity contribution is 0.104. The zero-order valence-electron chi connectivity index (χ0n) is 10.3. The van der Waals surface area contributed by atoms with Crippen LogP contribution in [-0.2, 0) is 4.57 Å². The number of hydrogen-bond donors (Lipinski definition) is 0. The van der Waals surface area contributed by atoms with Crippen LogP contribution in [0.2, 0.25) is 0 Å². The maximum atomic E-state index is 13.8. The molecule has 0 amide bonds. The number of hydrogen-bond acceptors (Lipinski definition) is 4. The first kappa shape index (κ1) is 12.3. The second-order valence-corrected chi connectivity index (χ2v) is 9.07. The lowest BCUT2D eigenvalue weighted by Gasteiger charge is -2.23. The summed E-state index contributed by atoms with van der Waals surface area (Å²) in [6, 6.07) is 13.2. The van der Waals surface area contributed by atoms with E-state index >= 15 is 0 Å². The van der Waals surface area contributed by atoms with Crippen LogP contribution in [0.3, 0.4) is 0 Å². The fraction of sp³-hybridized carbons (Fsp3) is 0. The molecule has 0 radical (unpaired) electrons. The van der Waals surface area contributed by atoms with E-state index < -0.39 is 7.14 Å². The fourth-order valence-electron chi connectivity index (χ4n) is 2.59. The zero-order chi connectivity index (χ0) is 13.7. The topological polar surface area (TPSA) is 34.1 Å². The Bertz CT molecular complexity index is 813. The number of thiophene rings is 2. The van der Waals surface area contributed by atoms with Gasteiger partial charge in [-0.05, 0) is 22.9 Å². The Morgan fingerprint density at radius 1 is 0.800 bits per heavy atom. The van der Waals surface area contributed by atoms with E-state index in [1.807, 2.05) is 53.2 Å². The third kappa shape index (κ3) is 1.44. The predicted octanol–water partition coefficient (Wildman–Crippen LogP) is 2.99. The Morgan fingerprint density at radius 3 is 1.90 bits per heavy atom. The summed E-state index contributed by atoms with van der Waals surface area (Å²) >= 11 is 2.76. The average Bonchev–Trinajstić information content (AvgIpc) is 3.15. The number of benzene rings is 1. The number of carbonyl (C=O) groups is 1. The Labute approximate surface area is 124 Å². The maximum Gasteiger partial charge on any atom is 0.214 e. The Morgan fingerprint density at radius 2 is 1.35 bits per heavy atom. The third-order valence-corrected chi connectivity index (χ3v) is 8.76. The summed E-state index contributed by atoms with van der Waals surface area (Å²) in [4.78, 5) is 13.7. The summed E-state index contributed by atoms with van der Waals surface area (Å²) in [6.07, 6.45) is 0. The third-order valence-electron chi connectivity index (χ3n) is 3.50. The van der Waals surface area contributed by atoms with E-state index in [0.29, 0.717) is 20.4 Å². The highest BCUT2D eigenvalue weighted by atomic mass is 32.1. The van der Waals surface area contributed by atoms with Gasteiger partial charge in [0.2, 0.25) is 5.78 Å². The normalized spacial score (nSPS) is 15.7. The molecule has 0 spiro atoms. The van der Waals surface area contributed by atoms with Crippen molar-refractivity contribution in [2.24, 2.45) is 0 Å². The van der Waals surface area contributed by atoms with Crippen molar-refractivity contribution in [2.75, 3.05) is 0 Å². The largest absolute Gasteiger partial charge is 0.309 e. The second kappa shape index (κ2) is 4.26. The van der Waals surface area contributed by atoms with Crippen molar-refractivity contribution in [1.82, 2.24) is 0 Å². The van der Waals surface area contributed by atoms with Gasteiger partial charge < -0.3 is 4.57 Å². The molecule has 0 bridgehead atoms. The van der Waals surface area contributed by atoms with Crippen molar-refractivity contribution in [2.45, 2.75) is 0 Å². The maximum absolute atomic E-state index is 13.8. The smallest absolute Gasteiger partial charge is 0.214 e. The van der Waals surface area contributed by atoms with Gasteiger partial charge in [0, 0.05) is 15.9 Å². The molecule has 3 aromatic rings. The molecule has 5 heteroatoms. The van der Waals surface area contributed by atoms with Crippen LogP contribution in [0.15, 0.2) is 53.2 Å². The molecule has 0 aliphatic carbocycles. The minimum absolute atomic E-state index is 0.0161. The van der Waals surface area contributed by atoms with E-state index in [1.165, 1.54) is 22.7 Å². The highest BCUT2D eigenvalue weighted by molar-refractivity contribution is 7.86. The SMILES string of the molecule is O=C1c2sccc2P(=O)(c2ccccc2)c2ccsc21. The van der Waals surface area contributed by atoms with Gasteiger partial charge in [-0.15, -0.1) is 22.7 Å². The zero-order valence-corrected chi connectivity index (χ0v) is 12.8. The summed E-state index contributed by atoms with van der Waals surface area (Å²) in [5, 5.41) is 5.91. The molecule has 3 heterocycles. The predicted molar refractivity (Wildman–Crippen MR) is 85.0 cm³/mol. The summed E-state index contributed by atoms with van der Waals surface area (Å²) in [7, 11) is -2.89. The van der Waals surface area contributed by atoms with E-state index in [2.05, 4.69) is 0 Å². The molecule has 0 N–H and O–H groups in total. The minimum atomic E-state index is -2.89. The number of ketones is 1. The highest BCUT2D eigenvalue weighted by Crippen LogP contribution is 2.49. The highest BCUT2D eigenvalue weighted by Gasteiger charge is 2.42. The molecule has 20 heavy (non-hydrogen) atoms. The Kier molecular flexibility index (Phi) is 2.61. The molecule has 0 fully saturated rings. The van der Waals surface area contributed by atoms with Crippen LogP contribution in [-0.4, -0.2) is 5.78 Å². The van der Waals surface area contributed by atoms with Crippen LogP contribution in [0.4, 0.5) is 0 Å². The van der Waals surface area contributed by atoms with Crippen LogP contribution in [0.25, 0.3) is 0 Å². The van der Waals surface area contributed by atoms with E-state index in [4.69, 9.17) is 0 Å². The van der Waals surface area contributed by atoms with Crippen molar-refractivity contribution in [1.29, 1.82) is 0 Å². The minimum Gasteiger partial charge on any atom is -0.309 e. The molecule has 0 atom stereocenters. The summed E-state index contributed by atoms with van der Waals surface area (Å²) in [6.45, 7) is 0. The van der Waals surface area contributed by atoms with Gasteiger partial charge in [-0.25, -0.2) is 0 Å². The Balaban J connectivity index is 2.12. The molecule has 0 unspecified atom stereocenters. The molecule has 0 saturated heterocycles. The molecule has 0 saturated carbocycles. The summed E-state index contributed by atoms with van der Waals surface area (Å²) in [5.41, 5.74) is 0. The van der Waals surface area contributed by atoms with Gasteiger partial charge in [0.15, 0.2) is 7.14 Å². The van der Waals surface area contributed by atoms with E-state index in [9.17, 15) is 9.36 Å². The number of carbonyl (C=O) groups excluding carboxylic acids is 1. The van der Waals surface area contributed by atoms with Gasteiger partial charge in [0.1, 0.15) is 0 Å². The lowest BCUT2D eigenvalue weighted by atomic mass is 10.2. The van der Waals surface area contributed by atoms with Crippen molar-refractivity contribution < 1.29 is 9.36 Å². The van der Waals surface area contributed by atoms with Gasteiger partial charge in [-0.2, -0.15) is 0 Å². The molecule has 1 aliphatic rings. The monoisotopic (exact) mass is 316 g/mol. The van der Waals surface area contributed by atoms with E-state index in [0.717, 1.165) is 5.30 Å². The fourth-order valence-corrected chi connectivity index (χ4v) is 8.17. The van der Waals surface area contributed by atoms with Gasteiger partial charge in [-0.1, -0.05) is 30.3 Å². The number of rotatable bonds is 1. The molecular formula is C15H9O2PS2. The van der Waals surface area contributed by atoms with Crippen LogP contribution >= 0.6 is 29.8 Å². The molecular weight excluding hydrogens is 307 g/mol.